The van der Waals surface area contributed by atoms with E-state index in [1.807, 2.05) is 32.0 Å². The van der Waals surface area contributed by atoms with Gasteiger partial charge in [-0.25, -0.2) is 0 Å². The molecule has 0 aliphatic heterocycles. The lowest BCUT2D eigenvalue weighted by atomic mass is 9.84. The van der Waals surface area contributed by atoms with Crippen LogP contribution in [0.4, 0.5) is 5.13 Å². The number of benzene rings is 1. The van der Waals surface area contributed by atoms with Crippen molar-refractivity contribution in [3.63, 3.8) is 0 Å². The monoisotopic (exact) mass is 323 g/mol. The molecule has 0 aliphatic rings. The Kier molecular flexibility index (Phi) is 4.96. The van der Waals surface area contributed by atoms with Crippen molar-refractivity contribution in [3.8, 4) is 0 Å². The van der Waals surface area contributed by atoms with Crippen LogP contribution in [0.2, 0.25) is 5.02 Å². The summed E-state index contributed by atoms with van der Waals surface area (Å²) < 4.78 is 0. The summed E-state index contributed by atoms with van der Waals surface area (Å²) in [6, 6.07) is 7.34. The summed E-state index contributed by atoms with van der Waals surface area (Å²) in [5.74, 6) is -0.121. The van der Waals surface area contributed by atoms with Crippen LogP contribution in [-0.2, 0) is 16.6 Å². The molecule has 2 rings (SSSR count). The first-order valence-corrected chi connectivity index (χ1v) is 8.03. The van der Waals surface area contributed by atoms with Crippen molar-refractivity contribution in [1.29, 1.82) is 0 Å². The predicted octanol–water partition coefficient (Wildman–Crippen LogP) is 4.06. The molecule has 1 N–H and O–H groups in total. The fourth-order valence-electron chi connectivity index (χ4n) is 1.88. The van der Waals surface area contributed by atoms with Crippen molar-refractivity contribution >= 4 is 34.0 Å². The second kappa shape index (κ2) is 6.54. The van der Waals surface area contributed by atoms with Crippen LogP contribution < -0.4 is 5.32 Å². The number of rotatable bonds is 5. The van der Waals surface area contributed by atoms with E-state index in [0.29, 0.717) is 10.2 Å². The first-order chi connectivity index (χ1) is 9.93. The van der Waals surface area contributed by atoms with Gasteiger partial charge in [0.05, 0.1) is 5.41 Å². The van der Waals surface area contributed by atoms with Crippen LogP contribution in [0.1, 0.15) is 37.8 Å². The molecule has 2 aromatic rings. The van der Waals surface area contributed by atoms with E-state index >= 15 is 0 Å². The third-order valence-corrected chi connectivity index (χ3v) is 4.40. The number of nitrogens with zero attached hydrogens (tertiary/aromatic N) is 2. The molecule has 0 fully saturated rings. The second-order valence-electron chi connectivity index (χ2n) is 5.34. The number of carbonyl (C=O) groups excluding carboxylic acids is 1. The number of nitrogens with one attached hydrogen (secondary N) is 1. The second-order valence-corrected chi connectivity index (χ2v) is 6.84. The smallest absolute Gasteiger partial charge is 0.236 e. The Balaban J connectivity index is 2.14. The highest BCUT2D eigenvalue weighted by Crippen LogP contribution is 2.28. The Hall–Kier alpha value is -1.46. The molecule has 6 heteroatoms. The van der Waals surface area contributed by atoms with E-state index in [4.69, 9.17) is 11.6 Å². The maximum absolute atomic E-state index is 12.5. The van der Waals surface area contributed by atoms with Crippen LogP contribution in [0.25, 0.3) is 0 Å². The summed E-state index contributed by atoms with van der Waals surface area (Å²) in [6.45, 7) is 5.81. The number of amides is 1. The number of aromatic nitrogens is 2. The molecule has 1 amide bonds. The molecule has 0 saturated carbocycles. The van der Waals surface area contributed by atoms with Gasteiger partial charge < -0.3 is 0 Å². The Labute approximate surface area is 133 Å². The van der Waals surface area contributed by atoms with Gasteiger partial charge in [-0.2, -0.15) is 0 Å². The highest BCUT2D eigenvalue weighted by Gasteiger charge is 2.30. The van der Waals surface area contributed by atoms with Gasteiger partial charge in [-0.15, -0.1) is 10.2 Å². The van der Waals surface area contributed by atoms with Gasteiger partial charge in [0.1, 0.15) is 5.01 Å². The zero-order chi connectivity index (χ0) is 15.5. The maximum Gasteiger partial charge on any atom is 0.236 e. The Morgan fingerprint density at radius 2 is 2.14 bits per heavy atom. The number of carbonyl (C=O) groups is 1. The van der Waals surface area contributed by atoms with Crippen molar-refractivity contribution in [3.05, 3.63) is 39.9 Å². The number of halogens is 1. The number of hydrogen-bond donors (Lipinski definition) is 1. The Morgan fingerprint density at radius 3 is 2.81 bits per heavy atom. The summed E-state index contributed by atoms with van der Waals surface area (Å²) in [7, 11) is 0. The van der Waals surface area contributed by atoms with E-state index in [9.17, 15) is 4.79 Å². The van der Waals surface area contributed by atoms with Crippen LogP contribution in [0.15, 0.2) is 24.3 Å². The van der Waals surface area contributed by atoms with Crippen LogP contribution in [0.5, 0.6) is 0 Å². The summed E-state index contributed by atoms with van der Waals surface area (Å²) in [5, 5.41) is 13.0. The van der Waals surface area contributed by atoms with Crippen molar-refractivity contribution < 1.29 is 4.79 Å². The standard InChI is InChI=1S/C15H18ClN3OS/c1-4-6-12-18-19-14(21-12)17-13(20)15(2,3)10-7-5-8-11(16)9-10/h5,7-9H,4,6H2,1-3H3,(H,17,19,20). The first kappa shape index (κ1) is 15.9. The lowest BCUT2D eigenvalue weighted by Crippen LogP contribution is -2.34. The molecule has 0 unspecified atom stereocenters. The van der Waals surface area contributed by atoms with E-state index in [1.165, 1.54) is 11.3 Å². The SMILES string of the molecule is CCCc1nnc(NC(=O)C(C)(C)c2cccc(Cl)c2)s1. The van der Waals surface area contributed by atoms with Gasteiger partial charge in [-0.3, -0.25) is 10.1 Å². The van der Waals surface area contributed by atoms with E-state index in [1.54, 1.807) is 6.07 Å². The van der Waals surface area contributed by atoms with Crippen LogP contribution in [0.3, 0.4) is 0 Å². The summed E-state index contributed by atoms with van der Waals surface area (Å²) in [4.78, 5) is 12.5. The van der Waals surface area contributed by atoms with Gasteiger partial charge in [0.2, 0.25) is 11.0 Å². The average Bonchev–Trinajstić information content (AvgIpc) is 2.86. The third-order valence-electron chi connectivity index (χ3n) is 3.27. The fraction of sp³-hybridized carbons (Fsp3) is 0.400. The molecule has 1 aromatic carbocycles. The quantitative estimate of drug-likeness (QED) is 0.902. The molecule has 1 heterocycles. The van der Waals surface area contributed by atoms with E-state index in [0.717, 1.165) is 23.4 Å². The minimum atomic E-state index is -0.693. The molecule has 21 heavy (non-hydrogen) atoms. The van der Waals surface area contributed by atoms with Crippen LogP contribution in [0, 0.1) is 0 Å². The highest BCUT2D eigenvalue weighted by atomic mass is 35.5. The molecule has 0 atom stereocenters. The average molecular weight is 324 g/mol. The zero-order valence-corrected chi connectivity index (χ0v) is 13.9. The summed E-state index contributed by atoms with van der Waals surface area (Å²) in [6.07, 6.45) is 1.89. The lowest BCUT2D eigenvalue weighted by molar-refractivity contribution is -0.120. The number of hydrogen-bond acceptors (Lipinski definition) is 4. The summed E-state index contributed by atoms with van der Waals surface area (Å²) >= 11 is 7.42. The van der Waals surface area contributed by atoms with Crippen molar-refractivity contribution in [1.82, 2.24) is 10.2 Å². The maximum atomic E-state index is 12.5. The van der Waals surface area contributed by atoms with Gasteiger partial charge in [0.15, 0.2) is 0 Å². The highest BCUT2D eigenvalue weighted by molar-refractivity contribution is 7.15. The third kappa shape index (κ3) is 3.80. The van der Waals surface area contributed by atoms with Gasteiger partial charge in [-0.05, 0) is 38.0 Å². The molecule has 0 radical (unpaired) electrons. The molecule has 112 valence electrons. The first-order valence-electron chi connectivity index (χ1n) is 6.83. The summed E-state index contributed by atoms with van der Waals surface area (Å²) in [5.41, 5.74) is 0.174. The predicted molar refractivity (Wildman–Crippen MR) is 87.0 cm³/mol. The van der Waals surface area contributed by atoms with Crippen molar-refractivity contribution in [2.75, 3.05) is 5.32 Å². The molecule has 0 bridgehead atoms. The molecule has 4 nitrogen and oxygen atoms in total. The molecule has 0 saturated heterocycles. The Bertz CT molecular complexity index is 639. The van der Waals surface area contributed by atoms with Crippen molar-refractivity contribution in [2.24, 2.45) is 0 Å². The number of aryl methyl sites for hydroxylation is 1. The minimum absolute atomic E-state index is 0.121. The molecular formula is C15H18ClN3OS. The molecule has 1 aromatic heterocycles. The van der Waals surface area contributed by atoms with E-state index in [2.05, 4.69) is 22.4 Å². The van der Waals surface area contributed by atoms with Gasteiger partial charge >= 0.3 is 0 Å². The van der Waals surface area contributed by atoms with Gasteiger partial charge in [0, 0.05) is 11.4 Å². The molecule has 0 aliphatic carbocycles. The largest absolute Gasteiger partial charge is 0.300 e. The number of anilines is 1. The minimum Gasteiger partial charge on any atom is -0.300 e. The topological polar surface area (TPSA) is 54.9 Å². The molecular weight excluding hydrogens is 306 g/mol. The van der Waals surface area contributed by atoms with Crippen LogP contribution in [-0.4, -0.2) is 16.1 Å². The normalized spacial score (nSPS) is 11.4. The lowest BCUT2D eigenvalue weighted by Gasteiger charge is -2.23. The van der Waals surface area contributed by atoms with Crippen molar-refractivity contribution in [2.45, 2.75) is 39.0 Å². The van der Waals surface area contributed by atoms with E-state index in [-0.39, 0.29) is 5.91 Å². The van der Waals surface area contributed by atoms with Crippen LogP contribution >= 0.6 is 22.9 Å². The van der Waals surface area contributed by atoms with Gasteiger partial charge in [-0.1, -0.05) is 42.0 Å². The molecule has 0 spiro atoms. The zero-order valence-electron chi connectivity index (χ0n) is 12.3. The Morgan fingerprint density at radius 1 is 1.38 bits per heavy atom. The fourth-order valence-corrected chi connectivity index (χ4v) is 2.91. The van der Waals surface area contributed by atoms with E-state index < -0.39 is 5.41 Å². The van der Waals surface area contributed by atoms with Gasteiger partial charge in [0.25, 0.3) is 0 Å².